The highest BCUT2D eigenvalue weighted by atomic mass is 19.4. The zero-order valence-electron chi connectivity index (χ0n) is 11.9. The summed E-state index contributed by atoms with van der Waals surface area (Å²) < 4.78 is 129. The lowest BCUT2D eigenvalue weighted by Gasteiger charge is -2.22. The number of halogens is 10. The summed E-state index contributed by atoms with van der Waals surface area (Å²) in [6.07, 6.45) is -16.8. The molecule has 0 rings (SSSR count). The van der Waals surface area contributed by atoms with Gasteiger partial charge in [-0.1, -0.05) is 0 Å². The summed E-state index contributed by atoms with van der Waals surface area (Å²) in [5.74, 6) is -13.0. The normalized spacial score (nSPS) is 14.4. The smallest absolute Gasteiger partial charge is 0.425 e. The molecule has 0 aliphatic heterocycles. The monoisotopic (exact) mass is 396 g/mol. The molecule has 0 spiro atoms. The Hall–Kier alpha value is -1.76. The van der Waals surface area contributed by atoms with Crippen LogP contribution < -0.4 is 0 Å². The van der Waals surface area contributed by atoms with Crippen LogP contribution in [0, 0.1) is 0 Å². The van der Waals surface area contributed by atoms with Crippen LogP contribution in [0.15, 0.2) is 0 Å². The zero-order valence-corrected chi connectivity index (χ0v) is 11.9. The quantitative estimate of drug-likeness (QED) is 0.444. The van der Waals surface area contributed by atoms with Gasteiger partial charge in [-0.05, 0) is 0 Å². The van der Waals surface area contributed by atoms with E-state index >= 15 is 0 Å². The second kappa shape index (κ2) is 8.56. The third-order valence-corrected chi connectivity index (χ3v) is 2.36. The summed E-state index contributed by atoms with van der Waals surface area (Å²) in [5, 5.41) is 0. The van der Waals surface area contributed by atoms with E-state index < -0.39 is 68.6 Å². The second-order valence-electron chi connectivity index (χ2n) is 4.55. The average molecular weight is 396 g/mol. The van der Waals surface area contributed by atoms with Crippen LogP contribution >= 0.6 is 0 Å². The van der Waals surface area contributed by atoms with E-state index in [-0.39, 0.29) is 0 Å². The van der Waals surface area contributed by atoms with Crippen LogP contribution in [0.1, 0.15) is 12.8 Å². The van der Waals surface area contributed by atoms with E-state index in [2.05, 4.69) is 9.47 Å². The van der Waals surface area contributed by atoms with Crippen molar-refractivity contribution in [3.63, 3.8) is 0 Å². The van der Waals surface area contributed by atoms with Crippen molar-refractivity contribution in [2.45, 2.75) is 43.5 Å². The summed E-state index contributed by atoms with van der Waals surface area (Å²) >= 11 is 0. The SMILES string of the molecule is O=C(CCC(=O)OCC(F)(F)C(F)C(F)(F)F)OCC(F)(F)C(F)F. The third-order valence-electron chi connectivity index (χ3n) is 2.36. The minimum absolute atomic E-state index is 1.07. The molecule has 0 aromatic carbocycles. The molecule has 0 N–H and O–H groups in total. The van der Waals surface area contributed by atoms with E-state index in [0.29, 0.717) is 0 Å². The fourth-order valence-electron chi connectivity index (χ4n) is 1.08. The van der Waals surface area contributed by atoms with Gasteiger partial charge in [0.25, 0.3) is 6.17 Å². The Morgan fingerprint density at radius 1 is 0.720 bits per heavy atom. The number of ether oxygens (including phenoxy) is 2. The van der Waals surface area contributed by atoms with Gasteiger partial charge in [-0.15, -0.1) is 0 Å². The predicted molar refractivity (Wildman–Crippen MR) is 58.0 cm³/mol. The van der Waals surface area contributed by atoms with Crippen molar-refractivity contribution in [1.29, 1.82) is 0 Å². The maximum Gasteiger partial charge on any atom is 0.425 e. The molecule has 0 heterocycles. The maximum atomic E-state index is 12.8. The Bertz CT molecular complexity index is 462. The fourth-order valence-corrected chi connectivity index (χ4v) is 1.08. The van der Waals surface area contributed by atoms with Crippen molar-refractivity contribution < 1.29 is 63.0 Å². The molecular weight excluding hydrogens is 386 g/mol. The van der Waals surface area contributed by atoms with Gasteiger partial charge >= 0.3 is 36.4 Å². The van der Waals surface area contributed by atoms with Gasteiger partial charge in [0.15, 0.2) is 13.2 Å². The summed E-state index contributed by atoms with van der Waals surface area (Å²) in [5.41, 5.74) is 0. The number of alkyl halides is 10. The Balaban J connectivity index is 4.26. The van der Waals surface area contributed by atoms with Crippen LogP contribution in [-0.2, 0) is 19.1 Å². The summed E-state index contributed by atoms with van der Waals surface area (Å²) in [6, 6.07) is 0. The minimum atomic E-state index is -5.91. The summed E-state index contributed by atoms with van der Waals surface area (Å²) in [4.78, 5) is 21.8. The van der Waals surface area contributed by atoms with E-state index in [0.717, 1.165) is 0 Å². The average Bonchev–Trinajstić information content (AvgIpc) is 2.47. The molecular formula is C11H10F10O4. The maximum absolute atomic E-state index is 12.8. The molecule has 25 heavy (non-hydrogen) atoms. The summed E-state index contributed by atoms with van der Waals surface area (Å²) in [6.45, 7) is -4.29. The Labute approximate surface area is 133 Å². The fraction of sp³-hybridized carbons (Fsp3) is 0.818. The Morgan fingerprint density at radius 3 is 1.40 bits per heavy atom. The number of hydrogen-bond acceptors (Lipinski definition) is 4. The standard InChI is InChI=1S/C11H10F10O4/c12-7(11(19,20)21)9(15,16)3-24-5(22)1-2-6(23)25-4-10(17,18)8(13)14/h7-8H,1-4H2. The summed E-state index contributed by atoms with van der Waals surface area (Å²) in [7, 11) is 0. The lowest BCUT2D eigenvalue weighted by atomic mass is 10.2. The third kappa shape index (κ3) is 8.25. The molecule has 0 saturated heterocycles. The molecule has 0 aromatic heterocycles. The van der Waals surface area contributed by atoms with Crippen molar-refractivity contribution in [1.82, 2.24) is 0 Å². The lowest BCUT2D eigenvalue weighted by Crippen LogP contribution is -2.45. The molecule has 0 radical (unpaired) electrons. The van der Waals surface area contributed by atoms with Gasteiger partial charge in [0.2, 0.25) is 0 Å². The Kier molecular flexibility index (Phi) is 7.96. The largest absolute Gasteiger partial charge is 0.459 e. The van der Waals surface area contributed by atoms with Crippen molar-refractivity contribution in [2.24, 2.45) is 0 Å². The molecule has 0 amide bonds. The molecule has 0 aromatic rings. The Morgan fingerprint density at radius 2 is 1.08 bits per heavy atom. The highest BCUT2D eigenvalue weighted by molar-refractivity contribution is 5.77. The molecule has 0 fully saturated rings. The number of rotatable bonds is 9. The van der Waals surface area contributed by atoms with Gasteiger partial charge in [-0.25, -0.2) is 13.2 Å². The van der Waals surface area contributed by atoms with Crippen LogP contribution in [0.5, 0.6) is 0 Å². The van der Waals surface area contributed by atoms with Crippen LogP contribution in [0.4, 0.5) is 43.9 Å². The van der Waals surface area contributed by atoms with Crippen LogP contribution in [0.2, 0.25) is 0 Å². The van der Waals surface area contributed by atoms with Crippen LogP contribution in [-0.4, -0.2) is 55.8 Å². The molecule has 0 bridgehead atoms. The molecule has 0 saturated carbocycles. The molecule has 14 heteroatoms. The number of esters is 2. The predicted octanol–water partition coefficient (Wildman–Crippen LogP) is 3.29. The van der Waals surface area contributed by atoms with E-state index in [1.54, 1.807) is 0 Å². The zero-order chi connectivity index (χ0) is 20.1. The first-order valence-electron chi connectivity index (χ1n) is 6.15. The van der Waals surface area contributed by atoms with E-state index in [1.807, 2.05) is 0 Å². The van der Waals surface area contributed by atoms with Gasteiger partial charge in [-0.2, -0.15) is 30.7 Å². The minimum Gasteiger partial charge on any atom is -0.459 e. The molecule has 0 aliphatic rings. The second-order valence-corrected chi connectivity index (χ2v) is 4.55. The highest BCUT2D eigenvalue weighted by Crippen LogP contribution is 2.35. The van der Waals surface area contributed by atoms with Crippen molar-refractivity contribution >= 4 is 11.9 Å². The lowest BCUT2D eigenvalue weighted by molar-refractivity contribution is -0.254. The topological polar surface area (TPSA) is 52.6 Å². The van der Waals surface area contributed by atoms with Gasteiger partial charge in [0.1, 0.15) is 0 Å². The van der Waals surface area contributed by atoms with Crippen molar-refractivity contribution in [2.75, 3.05) is 13.2 Å². The molecule has 0 aliphatic carbocycles. The molecule has 1 atom stereocenters. The van der Waals surface area contributed by atoms with E-state index in [9.17, 15) is 53.5 Å². The van der Waals surface area contributed by atoms with Crippen molar-refractivity contribution in [3.05, 3.63) is 0 Å². The molecule has 148 valence electrons. The number of carbonyl (C=O) groups is 2. The highest BCUT2D eigenvalue weighted by Gasteiger charge is 2.57. The number of carbonyl (C=O) groups excluding carboxylic acids is 2. The van der Waals surface area contributed by atoms with Gasteiger partial charge in [-0.3, -0.25) is 9.59 Å². The van der Waals surface area contributed by atoms with E-state index in [4.69, 9.17) is 0 Å². The van der Waals surface area contributed by atoms with Gasteiger partial charge in [0.05, 0.1) is 12.8 Å². The van der Waals surface area contributed by atoms with Gasteiger partial charge in [0, 0.05) is 0 Å². The first kappa shape index (κ1) is 23.2. The first-order valence-corrected chi connectivity index (χ1v) is 6.15. The van der Waals surface area contributed by atoms with E-state index in [1.165, 1.54) is 0 Å². The van der Waals surface area contributed by atoms with Crippen LogP contribution in [0.25, 0.3) is 0 Å². The van der Waals surface area contributed by atoms with Gasteiger partial charge < -0.3 is 9.47 Å². The molecule has 1 unspecified atom stereocenters. The van der Waals surface area contributed by atoms with Crippen molar-refractivity contribution in [3.8, 4) is 0 Å². The van der Waals surface area contributed by atoms with Crippen LogP contribution in [0.3, 0.4) is 0 Å². The first-order chi connectivity index (χ1) is 11.1. The molecule has 4 nitrogen and oxygen atoms in total. The number of hydrogen-bond donors (Lipinski definition) is 0.